The molecule has 1 N–H and O–H groups in total. The number of hydrogen-bond acceptors (Lipinski definition) is 1. The monoisotopic (exact) mass is 225 g/mol. The standard InChI is InChI=1S/C6H12IN/c1-3-6(4-2)8-5-7/h3,8H,4-5H2,1-2H3/b6-3+. The first kappa shape index (κ1) is 8.27. The molecule has 1 nitrogen and oxygen atoms in total. The molecular weight excluding hydrogens is 213 g/mol. The Bertz CT molecular complexity index is 78.6. The molecule has 0 aromatic rings. The number of hydrogen-bond donors (Lipinski definition) is 1. The van der Waals surface area contributed by atoms with E-state index in [1.54, 1.807) is 0 Å². The number of halogens is 1. The highest BCUT2D eigenvalue weighted by Crippen LogP contribution is 1.94. The van der Waals surface area contributed by atoms with Gasteiger partial charge in [0.25, 0.3) is 0 Å². The van der Waals surface area contributed by atoms with Crippen LogP contribution in [-0.2, 0) is 0 Å². The van der Waals surface area contributed by atoms with Crippen molar-refractivity contribution >= 4 is 22.6 Å². The third kappa shape index (κ3) is 3.29. The fourth-order valence-corrected chi connectivity index (χ4v) is 1.01. The van der Waals surface area contributed by atoms with E-state index in [0.29, 0.717) is 0 Å². The summed E-state index contributed by atoms with van der Waals surface area (Å²) in [5.41, 5.74) is 1.33. The van der Waals surface area contributed by atoms with Crippen molar-refractivity contribution in [2.45, 2.75) is 20.3 Å². The molecule has 0 radical (unpaired) electrons. The quantitative estimate of drug-likeness (QED) is 0.441. The molecule has 0 aliphatic heterocycles. The maximum absolute atomic E-state index is 3.23. The molecule has 0 atom stereocenters. The second kappa shape index (κ2) is 5.41. The van der Waals surface area contributed by atoms with E-state index in [0.717, 1.165) is 11.0 Å². The van der Waals surface area contributed by atoms with Gasteiger partial charge in [-0.05, 0) is 13.3 Å². The Hall–Kier alpha value is 0.270. The van der Waals surface area contributed by atoms with Crippen molar-refractivity contribution in [3.8, 4) is 0 Å². The number of nitrogens with one attached hydrogen (secondary N) is 1. The Kier molecular flexibility index (Phi) is 5.59. The molecule has 0 rings (SSSR count). The number of allylic oxidation sites excluding steroid dienone is 2. The molecule has 2 heteroatoms. The summed E-state index contributed by atoms with van der Waals surface area (Å²) in [6, 6.07) is 0. The zero-order chi connectivity index (χ0) is 6.41. The van der Waals surface area contributed by atoms with Crippen LogP contribution in [0.15, 0.2) is 11.8 Å². The summed E-state index contributed by atoms with van der Waals surface area (Å²) in [6.45, 7) is 4.20. The molecule has 0 saturated heterocycles. The molecule has 0 aliphatic rings. The normalized spacial score (nSPS) is 11.6. The lowest BCUT2D eigenvalue weighted by molar-refractivity contribution is 0.888. The van der Waals surface area contributed by atoms with E-state index in [-0.39, 0.29) is 0 Å². The van der Waals surface area contributed by atoms with Crippen LogP contribution in [0.2, 0.25) is 0 Å². The van der Waals surface area contributed by atoms with Crippen LogP contribution in [0, 0.1) is 0 Å². The molecule has 0 heterocycles. The Morgan fingerprint density at radius 2 is 2.38 bits per heavy atom. The van der Waals surface area contributed by atoms with Gasteiger partial charge in [-0.15, -0.1) is 0 Å². The highest BCUT2D eigenvalue weighted by Gasteiger charge is 1.84. The van der Waals surface area contributed by atoms with E-state index in [4.69, 9.17) is 0 Å². The molecule has 0 bridgehead atoms. The van der Waals surface area contributed by atoms with Crippen LogP contribution in [0.5, 0.6) is 0 Å². The van der Waals surface area contributed by atoms with Gasteiger partial charge in [0.05, 0.1) is 4.55 Å². The predicted molar refractivity (Wildman–Crippen MR) is 46.1 cm³/mol. The minimum absolute atomic E-state index is 1.01. The topological polar surface area (TPSA) is 12.0 Å². The third-order valence-electron chi connectivity index (χ3n) is 1.02. The van der Waals surface area contributed by atoms with Gasteiger partial charge in [-0.1, -0.05) is 35.6 Å². The van der Waals surface area contributed by atoms with Crippen molar-refractivity contribution in [1.82, 2.24) is 5.32 Å². The Balaban J connectivity index is 3.38. The maximum atomic E-state index is 3.23. The number of alkyl halides is 1. The average Bonchev–Trinajstić information content (AvgIpc) is 1.83. The Morgan fingerprint density at radius 1 is 1.75 bits per heavy atom. The summed E-state index contributed by atoms with van der Waals surface area (Å²) < 4.78 is 1.01. The van der Waals surface area contributed by atoms with Crippen molar-refractivity contribution in [1.29, 1.82) is 0 Å². The van der Waals surface area contributed by atoms with Gasteiger partial charge in [-0.25, -0.2) is 0 Å². The molecule has 0 unspecified atom stereocenters. The molecule has 8 heavy (non-hydrogen) atoms. The van der Waals surface area contributed by atoms with Crippen LogP contribution >= 0.6 is 22.6 Å². The lowest BCUT2D eigenvalue weighted by Crippen LogP contribution is -2.08. The van der Waals surface area contributed by atoms with E-state index in [9.17, 15) is 0 Å². The molecule has 0 aromatic heterocycles. The van der Waals surface area contributed by atoms with Crippen LogP contribution in [-0.4, -0.2) is 4.55 Å². The fourth-order valence-electron chi connectivity index (χ4n) is 0.517. The summed E-state index contributed by atoms with van der Waals surface area (Å²) in [4.78, 5) is 0. The average molecular weight is 225 g/mol. The van der Waals surface area contributed by atoms with Crippen LogP contribution in [0.3, 0.4) is 0 Å². The SMILES string of the molecule is C/C=C(\CC)NCI. The van der Waals surface area contributed by atoms with Crippen LogP contribution in [0.25, 0.3) is 0 Å². The molecule has 48 valence electrons. The van der Waals surface area contributed by atoms with E-state index < -0.39 is 0 Å². The molecule has 0 amide bonds. The van der Waals surface area contributed by atoms with Crippen LogP contribution < -0.4 is 5.32 Å². The maximum Gasteiger partial charge on any atom is 0.0667 e. The lowest BCUT2D eigenvalue weighted by atomic mass is 10.3. The Morgan fingerprint density at radius 3 is 2.50 bits per heavy atom. The third-order valence-corrected chi connectivity index (χ3v) is 1.40. The fraction of sp³-hybridized carbons (Fsp3) is 0.667. The smallest absolute Gasteiger partial charge is 0.0667 e. The van der Waals surface area contributed by atoms with E-state index in [1.807, 2.05) is 0 Å². The minimum atomic E-state index is 1.01. The van der Waals surface area contributed by atoms with E-state index in [2.05, 4.69) is 47.8 Å². The molecule has 0 aromatic carbocycles. The van der Waals surface area contributed by atoms with Crippen LogP contribution in [0.4, 0.5) is 0 Å². The zero-order valence-electron chi connectivity index (χ0n) is 5.37. The van der Waals surface area contributed by atoms with Gasteiger partial charge in [-0.3, -0.25) is 0 Å². The predicted octanol–water partition coefficient (Wildman–Crippen LogP) is 2.28. The van der Waals surface area contributed by atoms with Crippen molar-refractivity contribution < 1.29 is 0 Å². The lowest BCUT2D eigenvalue weighted by Gasteiger charge is -2.01. The minimum Gasteiger partial charge on any atom is -0.380 e. The van der Waals surface area contributed by atoms with Gasteiger partial charge < -0.3 is 5.32 Å². The van der Waals surface area contributed by atoms with Gasteiger partial charge in [0.2, 0.25) is 0 Å². The van der Waals surface area contributed by atoms with Gasteiger partial charge in [-0.2, -0.15) is 0 Å². The van der Waals surface area contributed by atoms with Crippen LogP contribution in [0.1, 0.15) is 20.3 Å². The first-order valence-electron chi connectivity index (χ1n) is 2.80. The highest BCUT2D eigenvalue weighted by atomic mass is 127. The molecule has 0 aliphatic carbocycles. The van der Waals surface area contributed by atoms with Gasteiger partial charge in [0.15, 0.2) is 0 Å². The first-order valence-corrected chi connectivity index (χ1v) is 4.32. The van der Waals surface area contributed by atoms with E-state index in [1.165, 1.54) is 5.70 Å². The zero-order valence-corrected chi connectivity index (χ0v) is 7.53. The summed E-state index contributed by atoms with van der Waals surface area (Å²) in [5.74, 6) is 0. The van der Waals surface area contributed by atoms with Gasteiger partial charge in [0, 0.05) is 5.70 Å². The largest absolute Gasteiger partial charge is 0.380 e. The molecule has 0 fully saturated rings. The summed E-state index contributed by atoms with van der Waals surface area (Å²) in [7, 11) is 0. The first-order chi connectivity index (χ1) is 3.85. The summed E-state index contributed by atoms with van der Waals surface area (Å²) >= 11 is 2.30. The molecule has 0 spiro atoms. The summed E-state index contributed by atoms with van der Waals surface area (Å²) in [5, 5.41) is 3.23. The van der Waals surface area contributed by atoms with Gasteiger partial charge in [0.1, 0.15) is 0 Å². The van der Waals surface area contributed by atoms with Crippen molar-refractivity contribution in [2.75, 3.05) is 4.55 Å². The van der Waals surface area contributed by atoms with E-state index >= 15 is 0 Å². The van der Waals surface area contributed by atoms with Gasteiger partial charge >= 0.3 is 0 Å². The van der Waals surface area contributed by atoms with Crippen molar-refractivity contribution in [3.63, 3.8) is 0 Å². The number of rotatable bonds is 3. The highest BCUT2D eigenvalue weighted by molar-refractivity contribution is 14.1. The Labute approximate surface area is 64.7 Å². The summed E-state index contributed by atoms with van der Waals surface area (Å²) in [6.07, 6.45) is 3.22. The van der Waals surface area contributed by atoms with Crippen molar-refractivity contribution in [3.05, 3.63) is 11.8 Å². The molecule has 0 saturated carbocycles. The second-order valence-corrected chi connectivity index (χ2v) is 2.24. The molecular formula is C6H12IN. The van der Waals surface area contributed by atoms with Crippen molar-refractivity contribution in [2.24, 2.45) is 0 Å². The second-order valence-electron chi connectivity index (χ2n) is 1.48.